The van der Waals surface area contributed by atoms with Crippen LogP contribution in [0.3, 0.4) is 0 Å². The fourth-order valence-corrected chi connectivity index (χ4v) is 2.69. The number of aliphatic hydroxyl groups excluding tert-OH is 4. The van der Waals surface area contributed by atoms with Gasteiger partial charge in [-0.05, 0) is 25.9 Å². The smallest absolute Gasteiger partial charge is 0.184 e. The monoisotopic (exact) mass is 261 g/mol. The lowest BCUT2D eigenvalue weighted by Crippen LogP contribution is -2.45. The highest BCUT2D eigenvalue weighted by Crippen LogP contribution is 2.23. The Hall–Kier alpha value is -0.240. The molecule has 0 unspecified atom stereocenters. The average molecular weight is 261 g/mol. The summed E-state index contributed by atoms with van der Waals surface area (Å²) < 4.78 is 5.00. The normalized spacial score (nSPS) is 40.7. The van der Waals surface area contributed by atoms with Crippen LogP contribution in [0.5, 0.6) is 0 Å². The van der Waals surface area contributed by atoms with Crippen LogP contribution in [-0.2, 0) is 4.74 Å². The third-order valence-electron chi connectivity index (χ3n) is 3.80. The molecule has 2 aliphatic heterocycles. The van der Waals surface area contributed by atoms with E-state index in [9.17, 15) is 20.4 Å². The van der Waals surface area contributed by atoms with Crippen molar-refractivity contribution in [2.24, 2.45) is 0 Å². The summed E-state index contributed by atoms with van der Waals surface area (Å²) >= 11 is 0. The summed E-state index contributed by atoms with van der Waals surface area (Å²) in [5.41, 5.74) is 0. The Labute approximate surface area is 107 Å². The Morgan fingerprint density at radius 1 is 1.00 bits per heavy atom. The van der Waals surface area contributed by atoms with Crippen LogP contribution in [0.4, 0.5) is 0 Å². The highest BCUT2D eigenvalue weighted by Gasteiger charge is 2.45. The predicted molar refractivity (Wildman–Crippen MR) is 63.8 cm³/mol. The van der Waals surface area contributed by atoms with E-state index >= 15 is 0 Å². The van der Waals surface area contributed by atoms with Gasteiger partial charge in [-0.1, -0.05) is 12.8 Å². The standard InChI is InChI=1S/C12H23NO5/c14-8(7-13-5-3-1-2-4-6-13)11-9(15)10(16)12(17)18-11/h8-12,14-17H,1-7H2/t8-,9-,10-,11-,12+/m1/s1. The van der Waals surface area contributed by atoms with Gasteiger partial charge in [-0.15, -0.1) is 0 Å². The maximum Gasteiger partial charge on any atom is 0.184 e. The highest BCUT2D eigenvalue weighted by atomic mass is 16.6. The van der Waals surface area contributed by atoms with Gasteiger partial charge < -0.3 is 30.1 Å². The van der Waals surface area contributed by atoms with Crippen LogP contribution in [0.15, 0.2) is 0 Å². The molecule has 18 heavy (non-hydrogen) atoms. The first kappa shape index (κ1) is 14.2. The summed E-state index contributed by atoms with van der Waals surface area (Å²) in [6.45, 7) is 2.27. The summed E-state index contributed by atoms with van der Waals surface area (Å²) in [6.07, 6.45) is -1.14. The molecule has 0 spiro atoms. The Balaban J connectivity index is 1.85. The maximum absolute atomic E-state index is 10.1. The second kappa shape index (κ2) is 6.27. The molecule has 6 heteroatoms. The van der Waals surface area contributed by atoms with Gasteiger partial charge in [0, 0.05) is 6.54 Å². The lowest BCUT2D eigenvalue weighted by atomic mass is 10.1. The van der Waals surface area contributed by atoms with E-state index in [1.54, 1.807) is 0 Å². The van der Waals surface area contributed by atoms with E-state index in [-0.39, 0.29) is 0 Å². The van der Waals surface area contributed by atoms with Crippen LogP contribution in [0, 0.1) is 0 Å². The van der Waals surface area contributed by atoms with Gasteiger partial charge in [0.2, 0.25) is 0 Å². The van der Waals surface area contributed by atoms with Gasteiger partial charge in [0.1, 0.15) is 18.3 Å². The van der Waals surface area contributed by atoms with Gasteiger partial charge in [0.15, 0.2) is 6.29 Å². The molecule has 0 saturated carbocycles. The minimum Gasteiger partial charge on any atom is -0.389 e. The summed E-state index contributed by atoms with van der Waals surface area (Å²) in [7, 11) is 0. The molecule has 4 N–H and O–H groups in total. The fraction of sp³-hybridized carbons (Fsp3) is 1.00. The van der Waals surface area contributed by atoms with Crippen molar-refractivity contribution in [3.8, 4) is 0 Å². The van der Waals surface area contributed by atoms with Crippen LogP contribution in [0.2, 0.25) is 0 Å². The topological polar surface area (TPSA) is 93.4 Å². The second-order valence-electron chi connectivity index (χ2n) is 5.25. The molecule has 0 aliphatic carbocycles. The summed E-state index contributed by atoms with van der Waals surface area (Å²) in [6, 6.07) is 0. The average Bonchev–Trinajstić information content (AvgIpc) is 2.57. The van der Waals surface area contributed by atoms with E-state index < -0.39 is 30.7 Å². The van der Waals surface area contributed by atoms with Crippen molar-refractivity contribution in [2.75, 3.05) is 19.6 Å². The molecule has 0 amide bonds. The fourth-order valence-electron chi connectivity index (χ4n) is 2.69. The van der Waals surface area contributed by atoms with Gasteiger partial charge in [-0.2, -0.15) is 0 Å². The molecule has 2 heterocycles. The number of likely N-dealkylation sites (tertiary alicyclic amines) is 1. The molecule has 2 fully saturated rings. The molecule has 106 valence electrons. The predicted octanol–water partition coefficient (Wildman–Crippen LogP) is -1.34. The van der Waals surface area contributed by atoms with Crippen molar-refractivity contribution in [2.45, 2.75) is 56.4 Å². The Morgan fingerprint density at radius 2 is 1.61 bits per heavy atom. The van der Waals surface area contributed by atoms with Gasteiger partial charge in [0.05, 0.1) is 6.10 Å². The van der Waals surface area contributed by atoms with Gasteiger partial charge in [-0.25, -0.2) is 0 Å². The largest absolute Gasteiger partial charge is 0.389 e. The first-order valence-corrected chi connectivity index (χ1v) is 6.69. The zero-order chi connectivity index (χ0) is 13.1. The molecule has 0 bridgehead atoms. The van der Waals surface area contributed by atoms with Crippen molar-refractivity contribution in [3.63, 3.8) is 0 Å². The highest BCUT2D eigenvalue weighted by molar-refractivity contribution is 4.91. The van der Waals surface area contributed by atoms with Crippen LogP contribution < -0.4 is 0 Å². The minimum atomic E-state index is -1.41. The molecule has 0 aromatic heterocycles. The molecule has 2 aliphatic rings. The number of aliphatic hydroxyl groups is 4. The Morgan fingerprint density at radius 3 is 2.11 bits per heavy atom. The number of β-amino-alcohol motifs (C(OH)–C–C–N with tert-alkyl or cyclic N) is 1. The molecule has 0 radical (unpaired) electrons. The van der Waals surface area contributed by atoms with Gasteiger partial charge >= 0.3 is 0 Å². The molecule has 2 saturated heterocycles. The third kappa shape index (κ3) is 3.20. The van der Waals surface area contributed by atoms with Crippen LogP contribution in [-0.4, -0.2) is 75.7 Å². The Kier molecular flexibility index (Phi) is 4.94. The van der Waals surface area contributed by atoms with Crippen molar-refractivity contribution in [1.82, 2.24) is 4.90 Å². The van der Waals surface area contributed by atoms with Crippen molar-refractivity contribution < 1.29 is 25.2 Å². The molecule has 2 rings (SSSR count). The van der Waals surface area contributed by atoms with Crippen molar-refractivity contribution >= 4 is 0 Å². The SMILES string of the molecule is O[C@@H]1[C@@H](O)[C@@H](O)O[C@@H]1[C@H](O)CN1CCCCCC1. The number of hydrogen-bond donors (Lipinski definition) is 4. The number of rotatable bonds is 3. The number of hydrogen-bond acceptors (Lipinski definition) is 6. The van der Waals surface area contributed by atoms with E-state index in [4.69, 9.17) is 4.74 Å². The van der Waals surface area contributed by atoms with E-state index in [0.717, 1.165) is 25.9 Å². The quantitative estimate of drug-likeness (QED) is 0.502. The van der Waals surface area contributed by atoms with E-state index in [0.29, 0.717) is 6.54 Å². The van der Waals surface area contributed by atoms with Crippen molar-refractivity contribution in [3.05, 3.63) is 0 Å². The lowest BCUT2D eigenvalue weighted by Gasteiger charge is -2.27. The summed E-state index contributed by atoms with van der Waals surface area (Å²) in [5, 5.41) is 38.4. The third-order valence-corrected chi connectivity index (χ3v) is 3.80. The minimum absolute atomic E-state index is 0.404. The van der Waals surface area contributed by atoms with Gasteiger partial charge in [0.25, 0.3) is 0 Å². The molecule has 0 aromatic carbocycles. The second-order valence-corrected chi connectivity index (χ2v) is 5.25. The first-order valence-electron chi connectivity index (χ1n) is 6.69. The molecule has 0 aromatic rings. The molecule has 6 nitrogen and oxygen atoms in total. The maximum atomic E-state index is 10.1. The van der Waals surface area contributed by atoms with Gasteiger partial charge in [-0.3, -0.25) is 0 Å². The zero-order valence-corrected chi connectivity index (χ0v) is 10.5. The van der Waals surface area contributed by atoms with Crippen LogP contribution >= 0.6 is 0 Å². The summed E-state index contributed by atoms with van der Waals surface area (Å²) in [5.74, 6) is 0. The Bertz CT molecular complexity index is 257. The zero-order valence-electron chi connectivity index (χ0n) is 10.5. The molecule has 5 atom stereocenters. The van der Waals surface area contributed by atoms with E-state index in [1.165, 1.54) is 12.8 Å². The first-order chi connectivity index (χ1) is 8.59. The number of ether oxygens (including phenoxy) is 1. The summed E-state index contributed by atoms with van der Waals surface area (Å²) in [4.78, 5) is 2.14. The van der Waals surface area contributed by atoms with E-state index in [1.807, 2.05) is 0 Å². The number of nitrogens with zero attached hydrogens (tertiary/aromatic N) is 1. The molecular weight excluding hydrogens is 238 g/mol. The van der Waals surface area contributed by atoms with Crippen LogP contribution in [0.1, 0.15) is 25.7 Å². The molecular formula is C12H23NO5. The van der Waals surface area contributed by atoms with Crippen LogP contribution in [0.25, 0.3) is 0 Å². The lowest BCUT2D eigenvalue weighted by molar-refractivity contribution is -0.148. The van der Waals surface area contributed by atoms with E-state index in [2.05, 4.69) is 4.90 Å². The van der Waals surface area contributed by atoms with Crippen molar-refractivity contribution in [1.29, 1.82) is 0 Å².